The molecule has 0 spiro atoms. The molecule has 0 saturated carbocycles. The Morgan fingerprint density at radius 2 is 2.05 bits per heavy atom. The zero-order valence-corrected chi connectivity index (χ0v) is 10.8. The Morgan fingerprint density at radius 3 is 2.85 bits per heavy atom. The van der Waals surface area contributed by atoms with Crippen molar-refractivity contribution in [2.24, 2.45) is 0 Å². The fourth-order valence-corrected chi connectivity index (χ4v) is 1.78. The quantitative estimate of drug-likeness (QED) is 0.709. The molecular formula is C13H16N2O5. The van der Waals surface area contributed by atoms with Gasteiger partial charge >= 0.3 is 12.0 Å². The van der Waals surface area contributed by atoms with Gasteiger partial charge in [0.25, 0.3) is 0 Å². The van der Waals surface area contributed by atoms with Crippen LogP contribution in [0.25, 0.3) is 0 Å². The second-order valence-electron chi connectivity index (χ2n) is 4.21. The summed E-state index contributed by atoms with van der Waals surface area (Å²) in [7, 11) is 0. The van der Waals surface area contributed by atoms with Crippen LogP contribution >= 0.6 is 0 Å². The number of hydrogen-bond donors (Lipinski definition) is 3. The number of urea groups is 1. The highest BCUT2D eigenvalue weighted by Crippen LogP contribution is 2.37. The van der Waals surface area contributed by atoms with Gasteiger partial charge in [0.1, 0.15) is 13.2 Å². The zero-order chi connectivity index (χ0) is 14.4. The molecule has 0 radical (unpaired) electrons. The molecule has 0 saturated heterocycles. The van der Waals surface area contributed by atoms with Crippen molar-refractivity contribution in [3.63, 3.8) is 0 Å². The van der Waals surface area contributed by atoms with Crippen LogP contribution in [0.2, 0.25) is 0 Å². The fourth-order valence-electron chi connectivity index (χ4n) is 1.78. The summed E-state index contributed by atoms with van der Waals surface area (Å²) < 4.78 is 10.9. The summed E-state index contributed by atoms with van der Waals surface area (Å²) in [5.41, 5.74) is 0.526. The molecule has 1 aliphatic rings. The number of fused-ring (bicyclic) bond motifs is 1. The molecule has 1 aliphatic heterocycles. The van der Waals surface area contributed by atoms with Gasteiger partial charge in [-0.05, 0) is 18.6 Å². The minimum atomic E-state index is -0.880. The van der Waals surface area contributed by atoms with Crippen LogP contribution in [0.4, 0.5) is 10.5 Å². The van der Waals surface area contributed by atoms with E-state index in [0.29, 0.717) is 43.4 Å². The van der Waals surface area contributed by atoms with Gasteiger partial charge in [-0.3, -0.25) is 4.79 Å². The van der Waals surface area contributed by atoms with Crippen molar-refractivity contribution in [1.82, 2.24) is 5.32 Å². The Morgan fingerprint density at radius 1 is 1.25 bits per heavy atom. The van der Waals surface area contributed by atoms with E-state index >= 15 is 0 Å². The second kappa shape index (κ2) is 6.65. The number of carbonyl (C=O) groups excluding carboxylic acids is 1. The number of carboxylic acids is 1. The van der Waals surface area contributed by atoms with E-state index < -0.39 is 12.0 Å². The number of nitrogens with one attached hydrogen (secondary N) is 2. The lowest BCUT2D eigenvalue weighted by Gasteiger charge is -2.21. The van der Waals surface area contributed by atoms with Gasteiger partial charge in [0, 0.05) is 13.0 Å². The molecule has 108 valence electrons. The average molecular weight is 280 g/mol. The Balaban J connectivity index is 1.86. The molecule has 2 rings (SSSR count). The first-order chi connectivity index (χ1) is 9.66. The number of ether oxygens (including phenoxy) is 2. The third-order valence-electron chi connectivity index (χ3n) is 2.67. The van der Waals surface area contributed by atoms with Crippen molar-refractivity contribution in [3.8, 4) is 11.5 Å². The summed E-state index contributed by atoms with van der Waals surface area (Å²) in [6.07, 6.45) is 0.410. The number of benzene rings is 1. The van der Waals surface area contributed by atoms with E-state index in [0.717, 1.165) is 0 Å². The lowest BCUT2D eigenvalue weighted by Crippen LogP contribution is -2.30. The molecule has 0 bridgehead atoms. The van der Waals surface area contributed by atoms with Gasteiger partial charge in [0.05, 0.1) is 5.69 Å². The van der Waals surface area contributed by atoms with Crippen molar-refractivity contribution in [3.05, 3.63) is 18.2 Å². The van der Waals surface area contributed by atoms with E-state index in [2.05, 4.69) is 10.6 Å². The number of anilines is 1. The van der Waals surface area contributed by atoms with Gasteiger partial charge in [-0.1, -0.05) is 6.07 Å². The average Bonchev–Trinajstić information content (AvgIpc) is 2.44. The Hall–Kier alpha value is -2.44. The highest BCUT2D eigenvalue weighted by atomic mass is 16.6. The first-order valence-electron chi connectivity index (χ1n) is 6.32. The molecule has 1 aromatic rings. The van der Waals surface area contributed by atoms with Crippen LogP contribution in [0.15, 0.2) is 18.2 Å². The summed E-state index contributed by atoms with van der Waals surface area (Å²) in [5, 5.41) is 13.7. The maximum absolute atomic E-state index is 11.7. The molecule has 0 fully saturated rings. The predicted molar refractivity (Wildman–Crippen MR) is 71.3 cm³/mol. The van der Waals surface area contributed by atoms with Crippen LogP contribution < -0.4 is 20.1 Å². The van der Waals surface area contributed by atoms with Crippen LogP contribution in [0.3, 0.4) is 0 Å². The molecule has 1 aromatic carbocycles. The number of para-hydroxylation sites is 1. The number of carboxylic acid groups (broad SMARTS) is 1. The van der Waals surface area contributed by atoms with E-state index in [1.54, 1.807) is 18.2 Å². The van der Waals surface area contributed by atoms with E-state index in [4.69, 9.17) is 14.6 Å². The van der Waals surface area contributed by atoms with Gasteiger partial charge in [-0.15, -0.1) is 0 Å². The number of aliphatic carboxylic acids is 1. The lowest BCUT2D eigenvalue weighted by molar-refractivity contribution is -0.137. The SMILES string of the molecule is O=C(O)CCCNC(=O)Nc1cccc2c1OCCO2. The number of amides is 2. The standard InChI is InChI=1S/C13H16N2O5/c16-11(17)5-2-6-14-13(18)15-9-3-1-4-10-12(9)20-8-7-19-10/h1,3-4H,2,5-8H2,(H,16,17)(H2,14,15,18). The smallest absolute Gasteiger partial charge is 0.319 e. The van der Waals surface area contributed by atoms with Gasteiger partial charge in [0.15, 0.2) is 11.5 Å². The van der Waals surface area contributed by atoms with Crippen molar-refractivity contribution in [2.45, 2.75) is 12.8 Å². The predicted octanol–water partition coefficient (Wildman–Crippen LogP) is 1.44. The molecule has 1 heterocycles. The zero-order valence-electron chi connectivity index (χ0n) is 10.8. The monoisotopic (exact) mass is 280 g/mol. The van der Waals surface area contributed by atoms with Gasteiger partial charge < -0.3 is 25.2 Å². The summed E-state index contributed by atoms with van der Waals surface area (Å²) in [4.78, 5) is 22.0. The molecule has 20 heavy (non-hydrogen) atoms. The van der Waals surface area contributed by atoms with Crippen LogP contribution in [0, 0.1) is 0 Å². The topological polar surface area (TPSA) is 96.9 Å². The van der Waals surface area contributed by atoms with Crippen LogP contribution in [0.5, 0.6) is 11.5 Å². The van der Waals surface area contributed by atoms with E-state index in [9.17, 15) is 9.59 Å². The Bertz CT molecular complexity index is 504. The molecule has 0 atom stereocenters. The summed E-state index contributed by atoms with van der Waals surface area (Å²) in [6, 6.07) is 4.83. The third-order valence-corrected chi connectivity index (χ3v) is 2.67. The largest absolute Gasteiger partial charge is 0.486 e. The van der Waals surface area contributed by atoms with Crippen molar-refractivity contribution in [1.29, 1.82) is 0 Å². The van der Waals surface area contributed by atoms with E-state index in [1.807, 2.05) is 0 Å². The Labute approximate surface area is 115 Å². The first-order valence-corrected chi connectivity index (χ1v) is 6.32. The molecule has 0 unspecified atom stereocenters. The second-order valence-corrected chi connectivity index (χ2v) is 4.21. The maximum Gasteiger partial charge on any atom is 0.319 e. The normalized spacial score (nSPS) is 12.6. The molecule has 0 aliphatic carbocycles. The summed E-state index contributed by atoms with van der Waals surface area (Å²) in [6.45, 7) is 1.22. The van der Waals surface area contributed by atoms with Crippen molar-refractivity contribution < 1.29 is 24.2 Å². The minimum absolute atomic E-state index is 0.0258. The molecule has 7 heteroatoms. The fraction of sp³-hybridized carbons (Fsp3) is 0.385. The van der Waals surface area contributed by atoms with Crippen LogP contribution in [-0.4, -0.2) is 36.9 Å². The first kappa shape index (κ1) is 14.0. The number of carbonyl (C=O) groups is 2. The molecule has 7 nitrogen and oxygen atoms in total. The number of rotatable bonds is 5. The molecule has 0 aromatic heterocycles. The molecular weight excluding hydrogens is 264 g/mol. The van der Waals surface area contributed by atoms with Crippen LogP contribution in [0.1, 0.15) is 12.8 Å². The van der Waals surface area contributed by atoms with Crippen molar-refractivity contribution >= 4 is 17.7 Å². The van der Waals surface area contributed by atoms with Gasteiger partial charge in [0.2, 0.25) is 0 Å². The molecule has 2 amide bonds. The minimum Gasteiger partial charge on any atom is -0.486 e. The van der Waals surface area contributed by atoms with Gasteiger partial charge in [-0.2, -0.15) is 0 Å². The lowest BCUT2D eigenvalue weighted by atomic mass is 10.2. The number of hydrogen-bond acceptors (Lipinski definition) is 4. The van der Waals surface area contributed by atoms with Crippen molar-refractivity contribution in [2.75, 3.05) is 25.1 Å². The van der Waals surface area contributed by atoms with E-state index in [-0.39, 0.29) is 6.42 Å². The highest BCUT2D eigenvalue weighted by molar-refractivity contribution is 5.91. The van der Waals surface area contributed by atoms with E-state index in [1.165, 1.54) is 0 Å². The summed E-state index contributed by atoms with van der Waals surface area (Å²) >= 11 is 0. The molecule has 3 N–H and O–H groups in total. The maximum atomic E-state index is 11.7. The third kappa shape index (κ3) is 3.78. The van der Waals surface area contributed by atoms with Crippen LogP contribution in [-0.2, 0) is 4.79 Å². The summed E-state index contributed by atoms with van der Waals surface area (Å²) in [5.74, 6) is 0.231. The van der Waals surface area contributed by atoms with Gasteiger partial charge in [-0.25, -0.2) is 4.79 Å². The highest BCUT2D eigenvalue weighted by Gasteiger charge is 2.16. The Kier molecular flexibility index (Phi) is 4.65.